The Bertz CT molecular complexity index is 354. The third-order valence-electron chi connectivity index (χ3n) is 3.47. The Morgan fingerprint density at radius 1 is 1.32 bits per heavy atom. The van der Waals surface area contributed by atoms with Crippen LogP contribution in [0.3, 0.4) is 0 Å². The summed E-state index contributed by atoms with van der Waals surface area (Å²) in [4.78, 5) is 2.40. The van der Waals surface area contributed by atoms with E-state index in [1.54, 1.807) is 0 Å². The zero-order valence-corrected chi connectivity index (χ0v) is 14.0. The lowest BCUT2D eigenvalue weighted by molar-refractivity contribution is 0.243. The Hall–Kier alpha value is -0.380. The highest BCUT2D eigenvalue weighted by atomic mass is 79.9. The summed E-state index contributed by atoms with van der Waals surface area (Å²) in [5.74, 6) is 0. The van der Waals surface area contributed by atoms with Crippen LogP contribution in [0.2, 0.25) is 0 Å². The van der Waals surface area contributed by atoms with Crippen molar-refractivity contribution in [1.29, 1.82) is 0 Å². The Kier molecular flexibility index (Phi) is 8.35. The Labute approximate surface area is 126 Å². The lowest BCUT2D eigenvalue weighted by Gasteiger charge is -2.25. The van der Waals surface area contributed by atoms with Crippen molar-refractivity contribution in [3.63, 3.8) is 0 Å². The van der Waals surface area contributed by atoms with Crippen molar-refractivity contribution in [1.82, 2.24) is 10.2 Å². The van der Waals surface area contributed by atoms with Gasteiger partial charge in [0.15, 0.2) is 0 Å². The van der Waals surface area contributed by atoms with Crippen LogP contribution in [0.4, 0.5) is 0 Å². The molecule has 1 unspecified atom stereocenters. The number of hydrogen-bond donors (Lipinski definition) is 1. The zero-order valence-electron chi connectivity index (χ0n) is 12.5. The number of nitrogens with zero attached hydrogens (tertiary/aromatic N) is 1. The minimum Gasteiger partial charge on any atom is -0.315 e. The first-order chi connectivity index (χ1) is 9.13. The van der Waals surface area contributed by atoms with E-state index in [2.05, 4.69) is 71.3 Å². The number of halogens is 1. The Morgan fingerprint density at radius 3 is 2.79 bits per heavy atom. The van der Waals surface area contributed by atoms with Gasteiger partial charge in [-0.05, 0) is 44.6 Å². The molecule has 0 heterocycles. The summed E-state index contributed by atoms with van der Waals surface area (Å²) < 4.78 is 1.16. The molecule has 0 radical (unpaired) electrons. The summed E-state index contributed by atoms with van der Waals surface area (Å²) in [6, 6.07) is 9.10. The summed E-state index contributed by atoms with van der Waals surface area (Å²) in [5.41, 5.74) is 1.36. The summed E-state index contributed by atoms with van der Waals surface area (Å²) in [6.07, 6.45) is 3.91. The van der Waals surface area contributed by atoms with Gasteiger partial charge in [-0.2, -0.15) is 0 Å². The quantitative estimate of drug-likeness (QED) is 0.689. The minimum atomic E-state index is 0.556. The normalized spacial score (nSPS) is 12.9. The summed E-state index contributed by atoms with van der Waals surface area (Å²) >= 11 is 3.52. The molecule has 1 aromatic rings. The van der Waals surface area contributed by atoms with Crippen LogP contribution in [-0.2, 0) is 6.54 Å². The number of hydrogen-bond acceptors (Lipinski definition) is 2. The van der Waals surface area contributed by atoms with E-state index in [0.29, 0.717) is 6.04 Å². The topological polar surface area (TPSA) is 15.3 Å². The summed E-state index contributed by atoms with van der Waals surface area (Å²) in [5, 5.41) is 3.55. The highest BCUT2D eigenvalue weighted by Gasteiger charge is 2.09. The van der Waals surface area contributed by atoms with Crippen LogP contribution in [0.25, 0.3) is 0 Å². The van der Waals surface area contributed by atoms with Gasteiger partial charge in [0, 0.05) is 23.6 Å². The molecule has 0 aliphatic rings. The molecular weight excluding hydrogens is 300 g/mol. The largest absolute Gasteiger partial charge is 0.315 e. The van der Waals surface area contributed by atoms with E-state index in [0.717, 1.165) is 24.1 Å². The van der Waals surface area contributed by atoms with Crippen LogP contribution in [0, 0.1) is 0 Å². The van der Waals surface area contributed by atoms with Crippen LogP contribution in [0.1, 0.15) is 38.7 Å². The average molecular weight is 327 g/mol. The van der Waals surface area contributed by atoms with E-state index < -0.39 is 0 Å². The third kappa shape index (κ3) is 7.09. The molecule has 0 bridgehead atoms. The van der Waals surface area contributed by atoms with Gasteiger partial charge in [0.25, 0.3) is 0 Å². The van der Waals surface area contributed by atoms with Crippen molar-refractivity contribution < 1.29 is 0 Å². The van der Waals surface area contributed by atoms with Gasteiger partial charge in [0.1, 0.15) is 0 Å². The van der Waals surface area contributed by atoms with Crippen molar-refractivity contribution in [3.05, 3.63) is 34.3 Å². The molecule has 19 heavy (non-hydrogen) atoms. The van der Waals surface area contributed by atoms with E-state index >= 15 is 0 Å². The number of nitrogens with one attached hydrogen (secondary N) is 1. The van der Waals surface area contributed by atoms with Crippen LogP contribution in [0.5, 0.6) is 0 Å². The molecule has 1 rings (SSSR count). The van der Waals surface area contributed by atoms with Crippen molar-refractivity contribution in [2.24, 2.45) is 0 Å². The lowest BCUT2D eigenvalue weighted by atomic mass is 10.2. The van der Waals surface area contributed by atoms with Gasteiger partial charge in [-0.15, -0.1) is 0 Å². The first-order valence-electron chi connectivity index (χ1n) is 7.29. The molecule has 0 aromatic heterocycles. The number of likely N-dealkylation sites (N-methyl/N-ethyl adjacent to an activating group) is 1. The first kappa shape index (κ1) is 16.7. The fourth-order valence-electron chi connectivity index (χ4n) is 2.05. The second-order valence-electron chi connectivity index (χ2n) is 5.31. The highest BCUT2D eigenvalue weighted by Crippen LogP contribution is 2.13. The van der Waals surface area contributed by atoms with Crippen LogP contribution in [-0.4, -0.2) is 31.1 Å². The molecule has 0 fully saturated rings. The molecule has 2 nitrogen and oxygen atoms in total. The van der Waals surface area contributed by atoms with E-state index in [-0.39, 0.29) is 0 Å². The Balaban J connectivity index is 2.26. The van der Waals surface area contributed by atoms with E-state index in [9.17, 15) is 0 Å². The van der Waals surface area contributed by atoms with Crippen molar-refractivity contribution >= 4 is 15.9 Å². The lowest BCUT2D eigenvalue weighted by Crippen LogP contribution is -2.37. The summed E-state index contributed by atoms with van der Waals surface area (Å²) in [6.45, 7) is 7.73. The minimum absolute atomic E-state index is 0.556. The molecule has 0 aliphatic heterocycles. The maximum atomic E-state index is 3.55. The fourth-order valence-corrected chi connectivity index (χ4v) is 2.49. The Morgan fingerprint density at radius 2 is 2.11 bits per heavy atom. The van der Waals surface area contributed by atoms with E-state index in [1.807, 2.05) is 0 Å². The maximum absolute atomic E-state index is 3.55. The zero-order chi connectivity index (χ0) is 14.1. The molecule has 108 valence electrons. The van der Waals surface area contributed by atoms with Crippen molar-refractivity contribution in [2.75, 3.05) is 20.1 Å². The maximum Gasteiger partial charge on any atom is 0.0234 e. The number of rotatable bonds is 9. The van der Waals surface area contributed by atoms with Gasteiger partial charge >= 0.3 is 0 Å². The molecule has 0 amide bonds. The molecule has 1 aromatic carbocycles. The molecular formula is C16H27BrN2. The third-order valence-corrected chi connectivity index (χ3v) is 3.96. The molecule has 1 N–H and O–H groups in total. The molecule has 0 saturated carbocycles. The standard InChI is InChI=1S/C16H27BrN2/c1-4-5-6-10-18-12-14(2)19(3)13-15-8-7-9-16(17)11-15/h7-9,11,14,18H,4-6,10,12-13H2,1-3H3. The first-order valence-corrected chi connectivity index (χ1v) is 8.08. The second-order valence-corrected chi connectivity index (χ2v) is 6.22. The molecule has 0 spiro atoms. The van der Waals surface area contributed by atoms with Crippen molar-refractivity contribution in [3.8, 4) is 0 Å². The van der Waals surface area contributed by atoms with Crippen LogP contribution >= 0.6 is 15.9 Å². The van der Waals surface area contributed by atoms with Gasteiger partial charge in [0.05, 0.1) is 0 Å². The molecule has 1 atom stereocenters. The fraction of sp³-hybridized carbons (Fsp3) is 0.625. The predicted molar refractivity (Wildman–Crippen MR) is 87.5 cm³/mol. The molecule has 0 aliphatic carbocycles. The van der Waals surface area contributed by atoms with Gasteiger partial charge in [0.2, 0.25) is 0 Å². The van der Waals surface area contributed by atoms with Crippen molar-refractivity contribution in [2.45, 2.75) is 45.7 Å². The number of unbranched alkanes of at least 4 members (excludes halogenated alkanes) is 2. The van der Waals surface area contributed by atoms with E-state index in [1.165, 1.54) is 24.8 Å². The van der Waals surface area contributed by atoms with Crippen LogP contribution < -0.4 is 5.32 Å². The second kappa shape index (κ2) is 9.51. The predicted octanol–water partition coefficient (Wildman–Crippen LogP) is 4.05. The number of benzene rings is 1. The van der Waals surface area contributed by atoms with Gasteiger partial charge < -0.3 is 5.32 Å². The molecule has 0 saturated heterocycles. The molecule has 3 heteroatoms. The monoisotopic (exact) mass is 326 g/mol. The summed E-state index contributed by atoms with van der Waals surface area (Å²) in [7, 11) is 2.19. The average Bonchev–Trinajstić information content (AvgIpc) is 2.38. The van der Waals surface area contributed by atoms with Gasteiger partial charge in [-0.1, -0.05) is 47.8 Å². The highest BCUT2D eigenvalue weighted by molar-refractivity contribution is 9.10. The SMILES string of the molecule is CCCCCNCC(C)N(C)Cc1cccc(Br)c1. The van der Waals surface area contributed by atoms with Crippen LogP contribution in [0.15, 0.2) is 28.7 Å². The van der Waals surface area contributed by atoms with Gasteiger partial charge in [-0.25, -0.2) is 0 Å². The smallest absolute Gasteiger partial charge is 0.0234 e. The van der Waals surface area contributed by atoms with E-state index in [4.69, 9.17) is 0 Å². The van der Waals surface area contributed by atoms with Gasteiger partial charge in [-0.3, -0.25) is 4.90 Å².